The Morgan fingerprint density at radius 2 is 1.88 bits per heavy atom. The zero-order chi connectivity index (χ0) is 18.5. The summed E-state index contributed by atoms with van der Waals surface area (Å²) in [5, 5.41) is 2.80. The van der Waals surface area contributed by atoms with Crippen molar-refractivity contribution in [1.82, 2.24) is 4.90 Å². The van der Waals surface area contributed by atoms with Crippen LogP contribution in [-0.4, -0.2) is 34.8 Å². The number of carbonyl (C=O) groups excluding carboxylic acids is 3. The second kappa shape index (κ2) is 8.45. The van der Waals surface area contributed by atoms with Crippen molar-refractivity contribution in [2.24, 2.45) is 0 Å². The fourth-order valence-corrected chi connectivity index (χ4v) is 3.57. The van der Waals surface area contributed by atoms with E-state index in [1.165, 1.54) is 19.3 Å². The summed E-state index contributed by atoms with van der Waals surface area (Å²) >= 11 is 0. The van der Waals surface area contributed by atoms with Gasteiger partial charge in [0.25, 0.3) is 0 Å². The van der Waals surface area contributed by atoms with Crippen LogP contribution >= 0.6 is 0 Å². The van der Waals surface area contributed by atoms with Gasteiger partial charge in [-0.05, 0) is 37.5 Å². The second-order valence-corrected chi connectivity index (χ2v) is 7.09. The molecule has 1 N–H and O–H groups in total. The first-order chi connectivity index (χ1) is 12.5. The molecule has 3 rings (SSSR count). The van der Waals surface area contributed by atoms with Crippen LogP contribution in [0, 0.1) is 0 Å². The largest absolute Gasteiger partial charge is 0.374 e. The minimum atomic E-state index is -0.806. The molecule has 1 aliphatic heterocycles. The average molecular weight is 358 g/mol. The maximum atomic E-state index is 12.4. The number of hydrogen-bond donors (Lipinski definition) is 1. The standard InChI is InChI=1S/C20H26N2O4/c1-14(22-18(23)10-11-19(22)24)20(25)21-16-7-5-6-15(12-16)13-26-17-8-3-2-4-9-17/h5-7,12,14,17H,2-4,8-11,13H2,1H3,(H,21,25). The number of nitrogens with one attached hydrogen (secondary N) is 1. The molecule has 1 saturated carbocycles. The van der Waals surface area contributed by atoms with Gasteiger partial charge in [-0.15, -0.1) is 0 Å². The van der Waals surface area contributed by atoms with Crippen LogP contribution in [0.1, 0.15) is 57.4 Å². The second-order valence-electron chi connectivity index (χ2n) is 7.09. The summed E-state index contributed by atoms with van der Waals surface area (Å²) in [5.74, 6) is -0.932. The van der Waals surface area contributed by atoms with Crippen LogP contribution in [0.15, 0.2) is 24.3 Å². The van der Waals surface area contributed by atoms with Gasteiger partial charge in [0.1, 0.15) is 6.04 Å². The first-order valence-electron chi connectivity index (χ1n) is 9.41. The van der Waals surface area contributed by atoms with E-state index in [0.717, 1.165) is 23.3 Å². The third kappa shape index (κ3) is 4.49. The van der Waals surface area contributed by atoms with E-state index in [0.29, 0.717) is 18.4 Å². The van der Waals surface area contributed by atoms with Crippen LogP contribution in [0.2, 0.25) is 0 Å². The van der Waals surface area contributed by atoms with Crippen molar-refractivity contribution in [1.29, 1.82) is 0 Å². The Balaban J connectivity index is 1.56. The lowest BCUT2D eigenvalue weighted by Crippen LogP contribution is -2.44. The number of amides is 3. The highest BCUT2D eigenvalue weighted by Crippen LogP contribution is 2.22. The fraction of sp³-hybridized carbons (Fsp3) is 0.550. The first kappa shape index (κ1) is 18.6. The Labute approximate surface area is 153 Å². The molecule has 1 aromatic rings. The Morgan fingerprint density at radius 3 is 2.58 bits per heavy atom. The quantitative estimate of drug-likeness (QED) is 0.793. The number of anilines is 1. The van der Waals surface area contributed by atoms with Crippen LogP contribution in [-0.2, 0) is 25.7 Å². The summed E-state index contributed by atoms with van der Waals surface area (Å²) in [7, 11) is 0. The van der Waals surface area contributed by atoms with Crippen molar-refractivity contribution < 1.29 is 19.1 Å². The van der Waals surface area contributed by atoms with E-state index in [9.17, 15) is 14.4 Å². The molecule has 0 aromatic heterocycles. The molecule has 1 atom stereocenters. The predicted molar refractivity (Wildman–Crippen MR) is 97.3 cm³/mol. The molecule has 1 aromatic carbocycles. The molecule has 26 heavy (non-hydrogen) atoms. The Kier molecular flexibility index (Phi) is 6.04. The van der Waals surface area contributed by atoms with Gasteiger partial charge in [0.05, 0.1) is 12.7 Å². The highest BCUT2D eigenvalue weighted by molar-refractivity contribution is 6.07. The average Bonchev–Trinajstić information content (AvgIpc) is 2.99. The number of hydrogen-bond acceptors (Lipinski definition) is 4. The van der Waals surface area contributed by atoms with E-state index in [-0.39, 0.29) is 30.6 Å². The van der Waals surface area contributed by atoms with Gasteiger partial charge in [-0.1, -0.05) is 31.4 Å². The van der Waals surface area contributed by atoms with Crippen molar-refractivity contribution in [2.75, 3.05) is 5.32 Å². The zero-order valence-electron chi connectivity index (χ0n) is 15.2. The molecule has 0 spiro atoms. The molecule has 1 saturated heterocycles. The molecule has 1 heterocycles. The Bertz CT molecular complexity index is 666. The van der Waals surface area contributed by atoms with Gasteiger partial charge in [-0.3, -0.25) is 19.3 Å². The van der Waals surface area contributed by atoms with Crippen molar-refractivity contribution >= 4 is 23.4 Å². The summed E-state index contributed by atoms with van der Waals surface area (Å²) in [6, 6.07) is 6.70. The molecule has 1 aliphatic carbocycles. The SMILES string of the molecule is CC(C(=O)Nc1cccc(COC2CCCCC2)c1)N1C(=O)CCC1=O. The van der Waals surface area contributed by atoms with Gasteiger partial charge in [0.2, 0.25) is 17.7 Å². The number of ether oxygens (including phenoxy) is 1. The van der Waals surface area contributed by atoms with Crippen molar-refractivity contribution in [2.45, 2.75) is 70.6 Å². The molecule has 1 unspecified atom stereocenters. The molecular formula is C20H26N2O4. The number of imide groups is 1. The van der Waals surface area contributed by atoms with Crippen molar-refractivity contribution in [3.05, 3.63) is 29.8 Å². The molecule has 2 aliphatic rings. The van der Waals surface area contributed by atoms with E-state index in [4.69, 9.17) is 4.74 Å². The molecule has 0 radical (unpaired) electrons. The summed E-state index contributed by atoms with van der Waals surface area (Å²) in [5.41, 5.74) is 1.64. The lowest BCUT2D eigenvalue weighted by atomic mass is 9.98. The molecular weight excluding hydrogens is 332 g/mol. The van der Waals surface area contributed by atoms with Crippen LogP contribution in [0.25, 0.3) is 0 Å². The maximum absolute atomic E-state index is 12.4. The third-order valence-corrected chi connectivity index (χ3v) is 5.09. The van der Waals surface area contributed by atoms with Gasteiger partial charge in [-0.2, -0.15) is 0 Å². The maximum Gasteiger partial charge on any atom is 0.247 e. The molecule has 3 amide bonds. The minimum Gasteiger partial charge on any atom is -0.374 e. The summed E-state index contributed by atoms with van der Waals surface area (Å²) in [6.07, 6.45) is 6.68. The smallest absolute Gasteiger partial charge is 0.247 e. The Hall–Kier alpha value is -2.21. The lowest BCUT2D eigenvalue weighted by molar-refractivity contribution is -0.144. The summed E-state index contributed by atoms with van der Waals surface area (Å²) in [4.78, 5) is 37.0. The van der Waals surface area contributed by atoms with Crippen molar-refractivity contribution in [3.63, 3.8) is 0 Å². The van der Waals surface area contributed by atoms with Crippen molar-refractivity contribution in [3.8, 4) is 0 Å². The zero-order valence-corrected chi connectivity index (χ0v) is 15.2. The van der Waals surface area contributed by atoms with Crippen LogP contribution in [0.3, 0.4) is 0 Å². The highest BCUT2D eigenvalue weighted by Gasteiger charge is 2.36. The number of nitrogens with zero attached hydrogens (tertiary/aromatic N) is 1. The summed E-state index contributed by atoms with van der Waals surface area (Å²) in [6.45, 7) is 2.10. The third-order valence-electron chi connectivity index (χ3n) is 5.09. The number of carbonyl (C=O) groups is 3. The molecule has 6 heteroatoms. The molecule has 2 fully saturated rings. The van der Waals surface area contributed by atoms with Gasteiger partial charge in [0, 0.05) is 18.5 Å². The predicted octanol–water partition coefficient (Wildman–Crippen LogP) is 3.01. The van der Waals surface area contributed by atoms with E-state index in [1.54, 1.807) is 13.0 Å². The monoisotopic (exact) mass is 358 g/mol. The number of benzene rings is 1. The number of likely N-dealkylation sites (tertiary alicyclic amines) is 1. The van der Waals surface area contributed by atoms with Gasteiger partial charge < -0.3 is 10.1 Å². The van der Waals surface area contributed by atoms with Crippen LogP contribution in [0.4, 0.5) is 5.69 Å². The lowest BCUT2D eigenvalue weighted by Gasteiger charge is -2.22. The minimum absolute atomic E-state index is 0.185. The first-order valence-corrected chi connectivity index (χ1v) is 9.41. The topological polar surface area (TPSA) is 75.7 Å². The summed E-state index contributed by atoms with van der Waals surface area (Å²) < 4.78 is 5.98. The van der Waals surface area contributed by atoms with E-state index >= 15 is 0 Å². The molecule has 6 nitrogen and oxygen atoms in total. The fourth-order valence-electron chi connectivity index (χ4n) is 3.57. The van der Waals surface area contributed by atoms with E-state index < -0.39 is 6.04 Å². The molecule has 0 bridgehead atoms. The highest BCUT2D eigenvalue weighted by atomic mass is 16.5. The van der Waals surface area contributed by atoms with Gasteiger partial charge in [-0.25, -0.2) is 0 Å². The normalized spacial score (nSPS) is 19.7. The van der Waals surface area contributed by atoms with Crippen LogP contribution in [0.5, 0.6) is 0 Å². The van der Waals surface area contributed by atoms with Crippen LogP contribution < -0.4 is 5.32 Å². The Morgan fingerprint density at radius 1 is 1.19 bits per heavy atom. The van der Waals surface area contributed by atoms with E-state index in [1.807, 2.05) is 18.2 Å². The molecule has 140 valence electrons. The van der Waals surface area contributed by atoms with Gasteiger partial charge >= 0.3 is 0 Å². The van der Waals surface area contributed by atoms with E-state index in [2.05, 4.69) is 5.32 Å². The number of rotatable bonds is 6. The van der Waals surface area contributed by atoms with Gasteiger partial charge in [0.15, 0.2) is 0 Å².